The minimum atomic E-state index is 0.171. The van der Waals surface area contributed by atoms with E-state index in [1.165, 1.54) is 10.4 Å². The summed E-state index contributed by atoms with van der Waals surface area (Å²) >= 11 is 14.7. The predicted molar refractivity (Wildman–Crippen MR) is 94.4 cm³/mol. The molecule has 0 bridgehead atoms. The molecule has 1 aromatic heterocycles. The zero-order valence-electron chi connectivity index (χ0n) is 10.9. The van der Waals surface area contributed by atoms with E-state index in [1.807, 2.05) is 18.2 Å². The molecule has 1 unspecified atom stereocenters. The van der Waals surface area contributed by atoms with Gasteiger partial charge >= 0.3 is 0 Å². The zero-order chi connectivity index (χ0) is 14.7. The molecule has 2 rings (SSSR count). The first kappa shape index (κ1) is 16.5. The lowest BCUT2D eigenvalue weighted by atomic mass is 10.1. The number of hydrogen-bond donors (Lipinski definition) is 1. The Bertz CT molecular complexity index is 588. The van der Waals surface area contributed by atoms with Gasteiger partial charge in [-0.2, -0.15) is 0 Å². The molecular formula is C14H15Br2ClN2S. The van der Waals surface area contributed by atoms with Crippen LogP contribution in [-0.2, 0) is 6.54 Å². The Kier molecular flexibility index (Phi) is 6.08. The standard InChI is InChI=1S/C14H15Br2ClN2S/c1-19(7-11-5-10(15)8-20-11)14(6-18)9-2-3-13(17)12(16)4-9/h2-5,8,14H,6-7,18H2,1H3. The number of thiophene rings is 1. The van der Waals surface area contributed by atoms with Crippen molar-refractivity contribution in [2.45, 2.75) is 12.6 Å². The fourth-order valence-electron chi connectivity index (χ4n) is 2.08. The first-order valence-corrected chi connectivity index (χ1v) is 8.93. The van der Waals surface area contributed by atoms with E-state index >= 15 is 0 Å². The Balaban J connectivity index is 2.16. The van der Waals surface area contributed by atoms with Crippen LogP contribution in [0.2, 0.25) is 5.02 Å². The van der Waals surface area contributed by atoms with E-state index in [2.05, 4.69) is 55.3 Å². The van der Waals surface area contributed by atoms with E-state index < -0.39 is 0 Å². The summed E-state index contributed by atoms with van der Waals surface area (Å²) in [6.45, 7) is 1.44. The molecule has 0 spiro atoms. The minimum Gasteiger partial charge on any atom is -0.329 e. The lowest BCUT2D eigenvalue weighted by molar-refractivity contribution is 0.244. The molecule has 0 aliphatic rings. The van der Waals surface area contributed by atoms with E-state index in [0.717, 1.165) is 20.5 Å². The zero-order valence-corrected chi connectivity index (χ0v) is 15.7. The fraction of sp³-hybridized carbons (Fsp3) is 0.286. The first-order valence-electron chi connectivity index (χ1n) is 6.09. The first-order chi connectivity index (χ1) is 9.51. The molecule has 0 saturated heterocycles. The number of rotatable bonds is 5. The quantitative estimate of drug-likeness (QED) is 0.707. The van der Waals surface area contributed by atoms with Crippen molar-refractivity contribution < 1.29 is 0 Å². The van der Waals surface area contributed by atoms with Crippen LogP contribution in [0.3, 0.4) is 0 Å². The van der Waals surface area contributed by atoms with E-state index in [1.54, 1.807) is 11.3 Å². The average Bonchev–Trinajstić information content (AvgIpc) is 2.80. The molecule has 20 heavy (non-hydrogen) atoms. The summed E-state index contributed by atoms with van der Waals surface area (Å²) in [5, 5.41) is 2.81. The monoisotopic (exact) mass is 436 g/mol. The van der Waals surface area contributed by atoms with Crippen molar-refractivity contribution in [3.63, 3.8) is 0 Å². The maximum absolute atomic E-state index is 6.05. The second kappa shape index (κ2) is 7.38. The SMILES string of the molecule is CN(Cc1cc(Br)cs1)C(CN)c1ccc(Cl)c(Br)c1. The van der Waals surface area contributed by atoms with Crippen molar-refractivity contribution in [2.24, 2.45) is 5.73 Å². The van der Waals surface area contributed by atoms with Crippen LogP contribution in [0.4, 0.5) is 0 Å². The van der Waals surface area contributed by atoms with E-state index in [-0.39, 0.29) is 6.04 Å². The molecule has 0 aliphatic heterocycles. The highest BCUT2D eigenvalue weighted by Gasteiger charge is 2.17. The number of benzene rings is 1. The van der Waals surface area contributed by atoms with Crippen LogP contribution in [-0.4, -0.2) is 18.5 Å². The van der Waals surface area contributed by atoms with Gasteiger partial charge in [-0.1, -0.05) is 17.7 Å². The second-order valence-corrected chi connectivity index (χ2v) is 7.74. The van der Waals surface area contributed by atoms with Gasteiger partial charge < -0.3 is 5.73 Å². The largest absolute Gasteiger partial charge is 0.329 e. The number of nitrogens with zero attached hydrogens (tertiary/aromatic N) is 1. The van der Waals surface area contributed by atoms with Crippen LogP contribution < -0.4 is 5.73 Å². The third kappa shape index (κ3) is 4.06. The van der Waals surface area contributed by atoms with Crippen molar-refractivity contribution in [3.05, 3.63) is 54.1 Å². The van der Waals surface area contributed by atoms with Crippen molar-refractivity contribution in [3.8, 4) is 0 Å². The van der Waals surface area contributed by atoms with Crippen LogP contribution in [0.15, 0.2) is 38.6 Å². The number of halogens is 3. The highest BCUT2D eigenvalue weighted by molar-refractivity contribution is 9.10. The van der Waals surface area contributed by atoms with Gasteiger partial charge in [-0.3, -0.25) is 4.90 Å². The summed E-state index contributed by atoms with van der Waals surface area (Å²) in [5.74, 6) is 0. The van der Waals surface area contributed by atoms with Crippen LogP contribution in [0.25, 0.3) is 0 Å². The number of nitrogens with two attached hydrogens (primary N) is 1. The van der Waals surface area contributed by atoms with Crippen LogP contribution in [0.5, 0.6) is 0 Å². The summed E-state index contributed by atoms with van der Waals surface area (Å²) in [4.78, 5) is 3.57. The minimum absolute atomic E-state index is 0.171. The Labute approximate surface area is 145 Å². The Morgan fingerprint density at radius 3 is 2.65 bits per heavy atom. The van der Waals surface area contributed by atoms with Gasteiger partial charge in [0.15, 0.2) is 0 Å². The smallest absolute Gasteiger partial charge is 0.0548 e. The molecule has 2 nitrogen and oxygen atoms in total. The number of likely N-dealkylation sites (N-methyl/N-ethyl adjacent to an activating group) is 1. The van der Waals surface area contributed by atoms with Crippen molar-refractivity contribution in [1.82, 2.24) is 4.90 Å². The Morgan fingerprint density at radius 2 is 2.10 bits per heavy atom. The Hall–Kier alpha value is 0.0900. The second-order valence-electron chi connectivity index (χ2n) is 4.57. The lowest BCUT2D eigenvalue weighted by Gasteiger charge is -2.27. The fourth-order valence-corrected chi connectivity index (χ4v) is 4.11. The Morgan fingerprint density at radius 1 is 1.35 bits per heavy atom. The van der Waals surface area contributed by atoms with Crippen molar-refractivity contribution in [1.29, 1.82) is 0 Å². The van der Waals surface area contributed by atoms with Crippen LogP contribution >= 0.6 is 54.8 Å². The molecule has 108 valence electrons. The lowest BCUT2D eigenvalue weighted by Crippen LogP contribution is -2.29. The molecule has 1 heterocycles. The molecule has 2 aromatic rings. The van der Waals surface area contributed by atoms with Gasteiger partial charge in [0.25, 0.3) is 0 Å². The highest BCUT2D eigenvalue weighted by atomic mass is 79.9. The van der Waals surface area contributed by atoms with Crippen molar-refractivity contribution in [2.75, 3.05) is 13.6 Å². The van der Waals surface area contributed by atoms with E-state index in [9.17, 15) is 0 Å². The van der Waals surface area contributed by atoms with Crippen molar-refractivity contribution >= 4 is 54.8 Å². The topological polar surface area (TPSA) is 29.3 Å². The summed E-state index contributed by atoms with van der Waals surface area (Å²) < 4.78 is 2.03. The summed E-state index contributed by atoms with van der Waals surface area (Å²) in [5.41, 5.74) is 7.13. The van der Waals surface area contributed by atoms with Gasteiger partial charge in [0.2, 0.25) is 0 Å². The van der Waals surface area contributed by atoms with Crippen LogP contribution in [0.1, 0.15) is 16.5 Å². The van der Waals surface area contributed by atoms with Gasteiger partial charge in [-0.25, -0.2) is 0 Å². The van der Waals surface area contributed by atoms with Gasteiger partial charge in [-0.05, 0) is 62.7 Å². The molecule has 6 heteroatoms. The summed E-state index contributed by atoms with van der Waals surface area (Å²) in [6.07, 6.45) is 0. The normalized spacial score (nSPS) is 12.9. The van der Waals surface area contributed by atoms with Gasteiger partial charge in [0, 0.05) is 38.3 Å². The highest BCUT2D eigenvalue weighted by Crippen LogP contribution is 2.29. The average molecular weight is 439 g/mol. The molecular weight excluding hydrogens is 423 g/mol. The van der Waals surface area contributed by atoms with Gasteiger partial charge in [0.05, 0.1) is 5.02 Å². The molecule has 1 atom stereocenters. The molecule has 1 aromatic carbocycles. The molecule has 0 aliphatic carbocycles. The maximum Gasteiger partial charge on any atom is 0.0548 e. The molecule has 2 N–H and O–H groups in total. The van der Waals surface area contributed by atoms with Gasteiger partial charge in [-0.15, -0.1) is 11.3 Å². The van der Waals surface area contributed by atoms with E-state index in [0.29, 0.717) is 6.54 Å². The molecule has 0 amide bonds. The summed E-state index contributed by atoms with van der Waals surface area (Å²) in [7, 11) is 2.09. The summed E-state index contributed by atoms with van der Waals surface area (Å²) in [6, 6.07) is 8.29. The number of hydrogen-bond acceptors (Lipinski definition) is 3. The predicted octanol–water partition coefficient (Wildman–Crippen LogP) is 5.06. The van der Waals surface area contributed by atoms with E-state index in [4.69, 9.17) is 17.3 Å². The molecule has 0 saturated carbocycles. The molecule has 0 fully saturated rings. The third-order valence-electron chi connectivity index (χ3n) is 3.11. The van der Waals surface area contributed by atoms with Crippen LogP contribution in [0, 0.1) is 0 Å². The third-order valence-corrected chi connectivity index (χ3v) is 6.01. The molecule has 0 radical (unpaired) electrons. The maximum atomic E-state index is 6.05. The van der Waals surface area contributed by atoms with Gasteiger partial charge in [0.1, 0.15) is 0 Å².